The lowest BCUT2D eigenvalue weighted by molar-refractivity contribution is 0.0982. The van der Waals surface area contributed by atoms with E-state index in [4.69, 9.17) is 23.2 Å². The summed E-state index contributed by atoms with van der Waals surface area (Å²) in [6.45, 7) is 0. The summed E-state index contributed by atoms with van der Waals surface area (Å²) in [7, 11) is 4.02. The van der Waals surface area contributed by atoms with Crippen molar-refractivity contribution < 1.29 is 4.79 Å². The molecule has 0 N–H and O–H groups in total. The van der Waals surface area contributed by atoms with Gasteiger partial charge in [-0.3, -0.25) is 4.79 Å². The van der Waals surface area contributed by atoms with Gasteiger partial charge in [0.15, 0.2) is 5.78 Å². The number of nitrogens with zero attached hydrogens (tertiary/aromatic N) is 1. The number of halogens is 2. The van der Waals surface area contributed by atoms with E-state index in [1.54, 1.807) is 17.8 Å². The van der Waals surface area contributed by atoms with Gasteiger partial charge in [0.2, 0.25) is 0 Å². The second-order valence-corrected chi connectivity index (χ2v) is 8.75. The van der Waals surface area contributed by atoms with Gasteiger partial charge in [-0.1, -0.05) is 65.7 Å². The third-order valence-electron chi connectivity index (χ3n) is 4.42. The summed E-state index contributed by atoms with van der Waals surface area (Å²) in [6.07, 6.45) is 0.399. The van der Waals surface area contributed by atoms with Gasteiger partial charge in [-0.2, -0.15) is 0 Å². The monoisotopic (exact) mass is 429 g/mol. The Kier molecular flexibility index (Phi) is 7.06. The van der Waals surface area contributed by atoms with Gasteiger partial charge in [-0.15, -0.1) is 11.8 Å². The van der Waals surface area contributed by atoms with Gasteiger partial charge in [0, 0.05) is 41.9 Å². The fourth-order valence-corrected chi connectivity index (χ4v) is 4.39. The quantitative estimate of drug-likeness (QED) is 0.293. The molecule has 1 atom stereocenters. The van der Waals surface area contributed by atoms with Crippen LogP contribution in [0.15, 0.2) is 77.7 Å². The number of carbonyl (C=O) groups excluding carboxylic acids is 1. The Morgan fingerprint density at radius 2 is 1.61 bits per heavy atom. The van der Waals surface area contributed by atoms with Crippen LogP contribution in [0, 0.1) is 0 Å². The van der Waals surface area contributed by atoms with Gasteiger partial charge in [0.25, 0.3) is 0 Å². The molecule has 144 valence electrons. The Bertz CT molecular complexity index is 943. The van der Waals surface area contributed by atoms with Crippen LogP contribution in [-0.4, -0.2) is 19.9 Å². The van der Waals surface area contributed by atoms with Crippen LogP contribution in [0.4, 0.5) is 5.69 Å². The van der Waals surface area contributed by atoms with Crippen LogP contribution >= 0.6 is 35.0 Å². The molecular weight excluding hydrogens is 409 g/mol. The Morgan fingerprint density at radius 1 is 0.929 bits per heavy atom. The molecule has 0 aliphatic heterocycles. The summed E-state index contributed by atoms with van der Waals surface area (Å²) in [6, 6.07) is 23.3. The number of hydrogen-bond donors (Lipinski definition) is 0. The van der Waals surface area contributed by atoms with Crippen molar-refractivity contribution in [1.29, 1.82) is 0 Å². The lowest BCUT2D eigenvalue weighted by atomic mass is 10.0. The van der Waals surface area contributed by atoms with Crippen molar-refractivity contribution in [2.24, 2.45) is 0 Å². The topological polar surface area (TPSA) is 20.3 Å². The summed E-state index contributed by atoms with van der Waals surface area (Å²) >= 11 is 13.9. The number of anilines is 1. The van der Waals surface area contributed by atoms with Gasteiger partial charge >= 0.3 is 0 Å². The first-order valence-corrected chi connectivity index (χ1v) is 10.5. The van der Waals surface area contributed by atoms with Gasteiger partial charge in [0.05, 0.1) is 10.0 Å². The molecule has 3 aromatic carbocycles. The van der Waals surface area contributed by atoms with Crippen molar-refractivity contribution in [3.05, 3.63) is 94.0 Å². The van der Waals surface area contributed by atoms with E-state index < -0.39 is 0 Å². The van der Waals surface area contributed by atoms with Gasteiger partial charge in [0.1, 0.15) is 0 Å². The van der Waals surface area contributed by atoms with E-state index in [1.165, 1.54) is 0 Å². The zero-order valence-corrected chi connectivity index (χ0v) is 18.1. The lowest BCUT2D eigenvalue weighted by Gasteiger charge is -2.19. The molecule has 0 aliphatic carbocycles. The van der Waals surface area contributed by atoms with E-state index in [0.717, 1.165) is 21.7 Å². The zero-order chi connectivity index (χ0) is 20.1. The molecule has 0 heterocycles. The number of carbonyl (C=O) groups is 1. The maximum absolute atomic E-state index is 12.8. The number of Topliss-reactive ketones (excluding diaryl/α,β-unsaturated/α-hetero) is 1. The molecular formula is C23H21Cl2NOS. The second-order valence-electron chi connectivity index (χ2n) is 6.66. The third-order valence-corrected chi connectivity index (χ3v) is 6.41. The van der Waals surface area contributed by atoms with E-state index in [0.29, 0.717) is 16.5 Å². The van der Waals surface area contributed by atoms with Gasteiger partial charge in [-0.05, 0) is 35.9 Å². The maximum Gasteiger partial charge on any atom is 0.164 e. The Morgan fingerprint density at radius 3 is 2.21 bits per heavy atom. The molecule has 0 bridgehead atoms. The number of hydrogen-bond acceptors (Lipinski definition) is 3. The molecule has 0 fully saturated rings. The highest BCUT2D eigenvalue weighted by atomic mass is 35.5. The van der Waals surface area contributed by atoms with E-state index in [1.807, 2.05) is 56.6 Å². The number of thioether (sulfide) groups is 1. The van der Waals surface area contributed by atoms with E-state index >= 15 is 0 Å². The fraction of sp³-hybridized carbons (Fsp3) is 0.174. The molecule has 1 unspecified atom stereocenters. The first-order valence-electron chi connectivity index (χ1n) is 8.91. The number of rotatable bonds is 7. The van der Waals surface area contributed by atoms with Gasteiger partial charge < -0.3 is 4.90 Å². The molecule has 0 aliphatic rings. The molecule has 5 heteroatoms. The molecule has 3 aromatic rings. The molecule has 28 heavy (non-hydrogen) atoms. The Balaban J connectivity index is 1.88. The Labute approximate surface area is 180 Å². The highest BCUT2D eigenvalue weighted by Gasteiger charge is 2.19. The van der Waals surface area contributed by atoms with E-state index in [2.05, 4.69) is 29.2 Å². The number of ketones is 1. The smallest absolute Gasteiger partial charge is 0.164 e. The minimum atomic E-state index is -0.0267. The van der Waals surface area contributed by atoms with E-state index in [9.17, 15) is 4.79 Å². The van der Waals surface area contributed by atoms with Crippen LogP contribution in [0.25, 0.3) is 0 Å². The summed E-state index contributed by atoms with van der Waals surface area (Å²) in [5, 5.41) is 1.02. The molecule has 0 aromatic heterocycles. The molecule has 0 saturated heterocycles. The van der Waals surface area contributed by atoms with Crippen molar-refractivity contribution in [1.82, 2.24) is 0 Å². The molecule has 2 nitrogen and oxygen atoms in total. The zero-order valence-electron chi connectivity index (χ0n) is 15.7. The summed E-state index contributed by atoms with van der Waals surface area (Å²) in [4.78, 5) is 15.9. The van der Waals surface area contributed by atoms with Crippen molar-refractivity contribution in [3.63, 3.8) is 0 Å². The predicted molar refractivity (Wildman–Crippen MR) is 121 cm³/mol. The first kappa shape index (κ1) is 20.8. The Hall–Kier alpha value is -1.94. The molecule has 0 amide bonds. The predicted octanol–water partition coefficient (Wildman–Crippen LogP) is 7.17. The largest absolute Gasteiger partial charge is 0.378 e. The van der Waals surface area contributed by atoms with Crippen LogP contribution in [0.1, 0.15) is 27.6 Å². The average molecular weight is 430 g/mol. The number of benzene rings is 3. The minimum absolute atomic E-state index is 0.0267. The summed E-state index contributed by atoms with van der Waals surface area (Å²) in [5.41, 5.74) is 2.95. The molecule has 0 radical (unpaired) electrons. The highest BCUT2D eigenvalue weighted by Crippen LogP contribution is 2.40. The average Bonchev–Trinajstić information content (AvgIpc) is 2.71. The minimum Gasteiger partial charge on any atom is -0.378 e. The standard InChI is InChI=1S/C23H21Cl2NOS/c1-26(2)18-10-8-17(9-11-18)23(15-22(27)16-6-4-3-5-7-16)28-19-12-13-20(24)21(25)14-19/h3-14,23H,15H2,1-2H3. The molecule has 0 spiro atoms. The third kappa shape index (κ3) is 5.32. The van der Waals surface area contributed by atoms with Crippen LogP contribution in [0.3, 0.4) is 0 Å². The second kappa shape index (κ2) is 9.51. The highest BCUT2D eigenvalue weighted by molar-refractivity contribution is 7.99. The van der Waals surface area contributed by atoms with Gasteiger partial charge in [-0.25, -0.2) is 0 Å². The fourth-order valence-electron chi connectivity index (χ4n) is 2.84. The normalized spacial score (nSPS) is 11.9. The molecule has 3 rings (SSSR count). The maximum atomic E-state index is 12.8. The first-order chi connectivity index (χ1) is 13.4. The van der Waals surface area contributed by atoms with Crippen LogP contribution in [0.5, 0.6) is 0 Å². The summed E-state index contributed by atoms with van der Waals surface area (Å²) in [5.74, 6) is 0.120. The van der Waals surface area contributed by atoms with Crippen LogP contribution in [-0.2, 0) is 0 Å². The van der Waals surface area contributed by atoms with E-state index in [-0.39, 0.29) is 11.0 Å². The van der Waals surface area contributed by atoms with Crippen molar-refractivity contribution in [2.45, 2.75) is 16.6 Å². The van der Waals surface area contributed by atoms with Crippen molar-refractivity contribution in [2.75, 3.05) is 19.0 Å². The molecule has 0 saturated carbocycles. The lowest BCUT2D eigenvalue weighted by Crippen LogP contribution is -2.09. The van der Waals surface area contributed by atoms with Crippen molar-refractivity contribution >= 4 is 46.4 Å². The SMILES string of the molecule is CN(C)c1ccc(C(CC(=O)c2ccccc2)Sc2ccc(Cl)c(Cl)c2)cc1. The summed E-state index contributed by atoms with van der Waals surface area (Å²) < 4.78 is 0. The van der Waals surface area contributed by atoms with Crippen molar-refractivity contribution in [3.8, 4) is 0 Å². The van der Waals surface area contributed by atoms with Crippen LogP contribution < -0.4 is 4.90 Å². The van der Waals surface area contributed by atoms with Crippen LogP contribution in [0.2, 0.25) is 10.0 Å².